The van der Waals surface area contributed by atoms with Crippen LogP contribution in [0.25, 0.3) is 0 Å². The van der Waals surface area contributed by atoms with Crippen LogP contribution in [0.15, 0.2) is 28.4 Å². The van der Waals surface area contributed by atoms with E-state index < -0.39 is 0 Å². The fraction of sp³-hybridized carbons (Fsp3) is 0.357. The summed E-state index contributed by atoms with van der Waals surface area (Å²) in [5.74, 6) is 1.27. The lowest BCUT2D eigenvalue weighted by molar-refractivity contribution is -0.118. The summed E-state index contributed by atoms with van der Waals surface area (Å²) in [6.07, 6.45) is 2.37. The van der Waals surface area contributed by atoms with Crippen LogP contribution in [0.2, 0.25) is 0 Å². The predicted octanol–water partition coefficient (Wildman–Crippen LogP) is 2.04. The standard InChI is InChI=1S/C14H17N3O3S/c1-4-12-13(18)16-14(21-12)17-15-8-9-5-6-10(19-2)11(7-9)20-3/h5-8,12H,4H2,1-3H3,(H,16,17,18). The second-order valence-corrected chi connectivity index (χ2v) is 5.46. The summed E-state index contributed by atoms with van der Waals surface area (Å²) in [6, 6.07) is 5.45. The first-order chi connectivity index (χ1) is 10.2. The Balaban J connectivity index is 2.07. The van der Waals surface area contributed by atoms with Crippen LogP contribution in [0.5, 0.6) is 11.5 Å². The molecule has 6 nitrogen and oxygen atoms in total. The highest BCUT2D eigenvalue weighted by molar-refractivity contribution is 8.15. The fourth-order valence-electron chi connectivity index (χ4n) is 1.80. The van der Waals surface area contributed by atoms with Crippen molar-refractivity contribution < 1.29 is 14.3 Å². The lowest BCUT2D eigenvalue weighted by Crippen LogP contribution is -2.24. The molecule has 0 spiro atoms. The van der Waals surface area contributed by atoms with Gasteiger partial charge in [-0.25, -0.2) is 0 Å². The monoisotopic (exact) mass is 307 g/mol. The molecular formula is C14H17N3O3S. The number of amidine groups is 1. The maximum absolute atomic E-state index is 11.5. The summed E-state index contributed by atoms with van der Waals surface area (Å²) in [4.78, 5) is 11.5. The summed E-state index contributed by atoms with van der Waals surface area (Å²) in [7, 11) is 3.16. The van der Waals surface area contributed by atoms with E-state index in [-0.39, 0.29) is 11.2 Å². The molecule has 1 N–H and O–H groups in total. The molecule has 1 unspecified atom stereocenters. The van der Waals surface area contributed by atoms with E-state index in [0.29, 0.717) is 16.7 Å². The number of nitrogens with zero attached hydrogens (tertiary/aromatic N) is 2. The molecule has 0 aliphatic carbocycles. The van der Waals surface area contributed by atoms with E-state index in [0.717, 1.165) is 12.0 Å². The van der Waals surface area contributed by atoms with Gasteiger partial charge in [-0.3, -0.25) is 4.79 Å². The molecule has 112 valence electrons. The average Bonchev–Trinajstić information content (AvgIpc) is 2.87. The van der Waals surface area contributed by atoms with Crippen molar-refractivity contribution in [2.24, 2.45) is 10.2 Å². The first kappa shape index (κ1) is 15.4. The normalized spacial score (nSPS) is 20.0. The minimum atomic E-state index is -0.0694. The van der Waals surface area contributed by atoms with Crippen LogP contribution in [-0.2, 0) is 4.79 Å². The molecule has 7 heteroatoms. The van der Waals surface area contributed by atoms with E-state index in [1.807, 2.05) is 13.0 Å². The van der Waals surface area contributed by atoms with Crippen molar-refractivity contribution in [3.63, 3.8) is 0 Å². The molecule has 1 fully saturated rings. The molecule has 1 amide bonds. The quantitative estimate of drug-likeness (QED) is 0.667. The molecule has 0 radical (unpaired) electrons. The van der Waals surface area contributed by atoms with Crippen LogP contribution in [0.1, 0.15) is 18.9 Å². The van der Waals surface area contributed by atoms with E-state index in [4.69, 9.17) is 9.47 Å². The van der Waals surface area contributed by atoms with Gasteiger partial charge >= 0.3 is 0 Å². The Morgan fingerprint density at radius 1 is 1.33 bits per heavy atom. The van der Waals surface area contributed by atoms with Crippen LogP contribution in [0.3, 0.4) is 0 Å². The van der Waals surface area contributed by atoms with E-state index in [1.165, 1.54) is 11.8 Å². The summed E-state index contributed by atoms with van der Waals surface area (Å²) in [6.45, 7) is 1.97. The molecule has 1 atom stereocenters. The Labute approximate surface area is 127 Å². The van der Waals surface area contributed by atoms with Gasteiger partial charge in [0.2, 0.25) is 5.91 Å². The minimum Gasteiger partial charge on any atom is -0.493 e. The van der Waals surface area contributed by atoms with Crippen LogP contribution in [0.4, 0.5) is 0 Å². The van der Waals surface area contributed by atoms with Crippen molar-refractivity contribution in [1.29, 1.82) is 0 Å². The number of ether oxygens (including phenoxy) is 2. The van der Waals surface area contributed by atoms with E-state index in [1.54, 1.807) is 32.6 Å². The lowest BCUT2D eigenvalue weighted by Gasteiger charge is -2.07. The topological polar surface area (TPSA) is 72.3 Å². The largest absolute Gasteiger partial charge is 0.493 e. The fourth-order valence-corrected chi connectivity index (χ4v) is 2.66. The van der Waals surface area contributed by atoms with E-state index >= 15 is 0 Å². The zero-order valence-corrected chi connectivity index (χ0v) is 12.9. The van der Waals surface area contributed by atoms with Crippen LogP contribution < -0.4 is 14.8 Å². The molecule has 1 aliphatic heterocycles. The molecule has 1 aromatic carbocycles. The summed E-state index contributed by atoms with van der Waals surface area (Å²) >= 11 is 1.40. The number of hydrogen-bond acceptors (Lipinski definition) is 6. The molecule has 1 heterocycles. The zero-order valence-electron chi connectivity index (χ0n) is 12.1. The third-order valence-corrected chi connectivity index (χ3v) is 4.15. The molecule has 0 saturated carbocycles. The van der Waals surface area contributed by atoms with Crippen LogP contribution in [0, 0.1) is 0 Å². The van der Waals surface area contributed by atoms with Crippen molar-refractivity contribution in [2.75, 3.05) is 14.2 Å². The molecule has 2 rings (SSSR count). The SMILES string of the molecule is CCC1SC(=NN=Cc2ccc(OC)c(OC)c2)NC1=O. The van der Waals surface area contributed by atoms with Crippen LogP contribution >= 0.6 is 11.8 Å². The minimum absolute atomic E-state index is 0.0115. The number of amides is 1. The number of hydrogen-bond donors (Lipinski definition) is 1. The zero-order chi connectivity index (χ0) is 15.2. The van der Waals surface area contributed by atoms with Crippen molar-refractivity contribution in [3.8, 4) is 11.5 Å². The Bertz CT molecular complexity index is 587. The van der Waals surface area contributed by atoms with Gasteiger partial charge in [-0.1, -0.05) is 18.7 Å². The molecule has 0 bridgehead atoms. The van der Waals surface area contributed by atoms with Crippen LogP contribution in [-0.4, -0.2) is 36.8 Å². The van der Waals surface area contributed by atoms with Gasteiger partial charge in [0, 0.05) is 0 Å². The molecule has 1 saturated heterocycles. The number of methoxy groups -OCH3 is 2. The average molecular weight is 307 g/mol. The Hall–Kier alpha value is -2.02. The van der Waals surface area contributed by atoms with Gasteiger partial charge in [0.05, 0.1) is 25.7 Å². The van der Waals surface area contributed by atoms with Gasteiger partial charge in [-0.15, -0.1) is 5.10 Å². The lowest BCUT2D eigenvalue weighted by atomic mass is 10.2. The van der Waals surface area contributed by atoms with Crippen molar-refractivity contribution >= 4 is 29.1 Å². The first-order valence-electron chi connectivity index (χ1n) is 6.48. The second-order valence-electron chi connectivity index (χ2n) is 4.27. The Morgan fingerprint density at radius 3 is 2.71 bits per heavy atom. The molecule has 1 aliphatic rings. The maximum Gasteiger partial charge on any atom is 0.239 e. The highest BCUT2D eigenvalue weighted by atomic mass is 32.2. The number of carbonyl (C=O) groups excluding carboxylic acids is 1. The highest BCUT2D eigenvalue weighted by Crippen LogP contribution is 2.27. The summed E-state index contributed by atoms with van der Waals surface area (Å²) in [5, 5.41) is 11.2. The number of thioether (sulfide) groups is 1. The summed E-state index contributed by atoms with van der Waals surface area (Å²) in [5.41, 5.74) is 0.832. The van der Waals surface area contributed by atoms with Gasteiger partial charge < -0.3 is 14.8 Å². The van der Waals surface area contributed by atoms with Crippen molar-refractivity contribution in [1.82, 2.24) is 5.32 Å². The molecular weight excluding hydrogens is 290 g/mol. The van der Waals surface area contributed by atoms with Crippen molar-refractivity contribution in [2.45, 2.75) is 18.6 Å². The summed E-state index contributed by atoms with van der Waals surface area (Å²) < 4.78 is 10.4. The van der Waals surface area contributed by atoms with Gasteiger partial charge in [-0.2, -0.15) is 5.10 Å². The Kier molecular flexibility index (Phi) is 5.21. The first-order valence-corrected chi connectivity index (χ1v) is 7.36. The molecule has 1 aromatic rings. The number of carbonyl (C=O) groups is 1. The number of nitrogens with one attached hydrogen (secondary N) is 1. The highest BCUT2D eigenvalue weighted by Gasteiger charge is 2.28. The number of rotatable bonds is 5. The predicted molar refractivity (Wildman–Crippen MR) is 84.4 cm³/mol. The number of benzene rings is 1. The Morgan fingerprint density at radius 2 is 2.10 bits per heavy atom. The van der Waals surface area contributed by atoms with Gasteiger partial charge in [0.15, 0.2) is 16.7 Å². The van der Waals surface area contributed by atoms with Gasteiger partial charge in [-0.05, 0) is 30.2 Å². The van der Waals surface area contributed by atoms with E-state index in [9.17, 15) is 4.79 Å². The van der Waals surface area contributed by atoms with Crippen molar-refractivity contribution in [3.05, 3.63) is 23.8 Å². The maximum atomic E-state index is 11.5. The third-order valence-electron chi connectivity index (χ3n) is 2.91. The molecule has 21 heavy (non-hydrogen) atoms. The smallest absolute Gasteiger partial charge is 0.239 e. The van der Waals surface area contributed by atoms with Gasteiger partial charge in [0.25, 0.3) is 0 Å². The van der Waals surface area contributed by atoms with Gasteiger partial charge in [0.1, 0.15) is 0 Å². The third kappa shape index (κ3) is 3.75. The molecule has 0 aromatic heterocycles. The van der Waals surface area contributed by atoms with E-state index in [2.05, 4.69) is 15.5 Å². The second kappa shape index (κ2) is 7.12.